The molecule has 43 heavy (non-hydrogen) atoms. The number of hydrogen-bond donors (Lipinski definition) is 1. The van der Waals surface area contributed by atoms with Crippen molar-refractivity contribution in [2.75, 3.05) is 62.2 Å². The summed E-state index contributed by atoms with van der Waals surface area (Å²) in [5, 5.41) is 25.0. The smallest absolute Gasteiger partial charge is 0.236 e. The molecule has 0 spiro atoms. The molecule has 0 bridgehead atoms. The number of fused-ring (bicyclic) bond motifs is 1. The summed E-state index contributed by atoms with van der Waals surface area (Å²) in [5.74, 6) is 1.40. The van der Waals surface area contributed by atoms with Crippen LogP contribution in [0.25, 0.3) is 22.3 Å². The molecule has 0 atom stereocenters. The zero-order chi connectivity index (χ0) is 30.2. The fraction of sp³-hybridized carbons (Fsp3) is 0.433. The SMILES string of the molecule is CCN(c1nc(-c2ccc(F)cc2)c(C#N)s1)c1c2nc(N3CCN(CC(=O)N4CC(O)C4)CC3)cc(C)c2nn1CC. The Kier molecular flexibility index (Phi) is 8.00. The van der Waals surface area contributed by atoms with Crippen LogP contribution in [0.5, 0.6) is 0 Å². The number of aliphatic hydroxyl groups excluding tert-OH is 1. The highest BCUT2D eigenvalue weighted by molar-refractivity contribution is 7.16. The van der Waals surface area contributed by atoms with Crippen LogP contribution in [-0.2, 0) is 11.3 Å². The number of aryl methyl sites for hydroxylation is 2. The Labute approximate surface area is 253 Å². The average molecular weight is 604 g/mol. The van der Waals surface area contributed by atoms with Gasteiger partial charge in [0.15, 0.2) is 10.9 Å². The fourth-order valence-corrected chi connectivity index (χ4v) is 6.59. The van der Waals surface area contributed by atoms with E-state index in [0.717, 1.165) is 54.4 Å². The normalized spacial score (nSPS) is 16.0. The molecular weight excluding hydrogens is 569 g/mol. The highest BCUT2D eigenvalue weighted by atomic mass is 32.1. The van der Waals surface area contributed by atoms with Crippen LogP contribution in [0.2, 0.25) is 0 Å². The van der Waals surface area contributed by atoms with Crippen LogP contribution in [0.1, 0.15) is 24.3 Å². The number of hydrogen-bond acceptors (Lipinski definition) is 10. The molecule has 11 nitrogen and oxygen atoms in total. The van der Waals surface area contributed by atoms with Gasteiger partial charge in [0, 0.05) is 57.9 Å². The van der Waals surface area contributed by atoms with Crippen molar-refractivity contribution in [3.8, 4) is 17.3 Å². The third kappa shape index (κ3) is 5.53. The summed E-state index contributed by atoms with van der Waals surface area (Å²) in [7, 11) is 0. The number of carbonyl (C=O) groups excluding carboxylic acids is 1. The molecule has 13 heteroatoms. The highest BCUT2D eigenvalue weighted by Crippen LogP contribution is 2.39. The van der Waals surface area contributed by atoms with Crippen molar-refractivity contribution in [2.24, 2.45) is 0 Å². The van der Waals surface area contributed by atoms with E-state index >= 15 is 0 Å². The predicted molar refractivity (Wildman–Crippen MR) is 164 cm³/mol. The number of amides is 1. The number of likely N-dealkylation sites (tertiary alicyclic amines) is 1. The number of halogens is 1. The van der Waals surface area contributed by atoms with Crippen molar-refractivity contribution in [2.45, 2.75) is 33.4 Å². The number of carbonyl (C=O) groups is 1. The third-order valence-electron chi connectivity index (χ3n) is 8.05. The highest BCUT2D eigenvalue weighted by Gasteiger charge is 2.31. The molecule has 3 aromatic heterocycles. The van der Waals surface area contributed by atoms with Gasteiger partial charge in [-0.1, -0.05) is 11.3 Å². The van der Waals surface area contributed by atoms with Crippen LogP contribution in [0.3, 0.4) is 0 Å². The molecule has 4 aromatic rings. The fourth-order valence-electron chi connectivity index (χ4n) is 5.64. The number of aromatic nitrogens is 4. The summed E-state index contributed by atoms with van der Waals surface area (Å²) in [6.45, 7) is 11.5. The van der Waals surface area contributed by atoms with Gasteiger partial charge in [-0.05, 0) is 56.7 Å². The second-order valence-corrected chi connectivity index (χ2v) is 11.9. The van der Waals surface area contributed by atoms with Gasteiger partial charge in [-0.15, -0.1) is 0 Å². The van der Waals surface area contributed by atoms with Crippen molar-refractivity contribution in [1.29, 1.82) is 5.26 Å². The van der Waals surface area contributed by atoms with E-state index in [1.54, 1.807) is 17.0 Å². The number of rotatable bonds is 8. The standard InChI is InChI=1S/C30H34FN9O2S/c1-4-39(30-34-27(23(15-32)43-30)20-6-8-21(31)9-7-20)29-28-26(35-40(29)5-2)19(3)14-24(33-28)37-12-10-36(11-13-37)18-25(42)38-16-22(41)17-38/h6-9,14,22,41H,4-5,10-13,16-18H2,1-3H3. The second-order valence-electron chi connectivity index (χ2n) is 10.9. The van der Waals surface area contributed by atoms with E-state index in [4.69, 9.17) is 15.1 Å². The summed E-state index contributed by atoms with van der Waals surface area (Å²) in [6.07, 6.45) is -0.392. The Morgan fingerprint density at radius 3 is 2.49 bits per heavy atom. The van der Waals surface area contributed by atoms with E-state index < -0.39 is 6.10 Å². The molecule has 1 N–H and O–H groups in total. The molecule has 1 aromatic carbocycles. The van der Waals surface area contributed by atoms with Crippen molar-refractivity contribution in [3.63, 3.8) is 0 Å². The third-order valence-corrected chi connectivity index (χ3v) is 9.04. The number of anilines is 3. The van der Waals surface area contributed by atoms with E-state index in [1.807, 2.05) is 30.4 Å². The monoisotopic (exact) mass is 603 g/mol. The summed E-state index contributed by atoms with van der Waals surface area (Å²) in [6, 6.07) is 10.4. The number of β-amino-alcohol motifs (C(OH)–C–C–N with tert-alkyl or cyclic N) is 1. The average Bonchev–Trinajstić information content (AvgIpc) is 3.59. The zero-order valence-electron chi connectivity index (χ0n) is 24.5. The van der Waals surface area contributed by atoms with Gasteiger partial charge in [0.25, 0.3) is 0 Å². The largest absolute Gasteiger partial charge is 0.389 e. The van der Waals surface area contributed by atoms with Gasteiger partial charge < -0.3 is 19.8 Å². The molecule has 0 radical (unpaired) electrons. The lowest BCUT2D eigenvalue weighted by Crippen LogP contribution is -2.57. The Hall–Kier alpha value is -4.12. The van der Waals surface area contributed by atoms with Gasteiger partial charge in [0.1, 0.15) is 39.3 Å². The summed E-state index contributed by atoms with van der Waals surface area (Å²) < 4.78 is 15.5. The lowest BCUT2D eigenvalue weighted by atomic mass is 10.1. The number of benzene rings is 1. The summed E-state index contributed by atoms with van der Waals surface area (Å²) in [5.41, 5.74) is 3.81. The van der Waals surface area contributed by atoms with E-state index in [0.29, 0.717) is 54.0 Å². The van der Waals surface area contributed by atoms with E-state index in [-0.39, 0.29) is 11.7 Å². The van der Waals surface area contributed by atoms with Crippen molar-refractivity contribution in [3.05, 3.63) is 46.6 Å². The number of pyridine rings is 1. The molecule has 2 aliphatic heterocycles. The maximum atomic E-state index is 13.6. The van der Waals surface area contributed by atoms with Gasteiger partial charge in [-0.3, -0.25) is 9.69 Å². The quantitative estimate of drug-likeness (QED) is 0.324. The Bertz CT molecular complexity index is 1680. The van der Waals surface area contributed by atoms with E-state index in [1.165, 1.54) is 23.5 Å². The van der Waals surface area contributed by atoms with Crippen molar-refractivity contribution >= 4 is 45.0 Å². The first-order chi connectivity index (χ1) is 20.8. The first-order valence-corrected chi connectivity index (χ1v) is 15.4. The lowest BCUT2D eigenvalue weighted by Gasteiger charge is -2.39. The van der Waals surface area contributed by atoms with E-state index in [2.05, 4.69) is 21.9 Å². The Morgan fingerprint density at radius 2 is 1.86 bits per heavy atom. The molecule has 2 fully saturated rings. The van der Waals surface area contributed by atoms with Crippen LogP contribution in [0.15, 0.2) is 30.3 Å². The number of thiazole rings is 1. The first kappa shape index (κ1) is 29.0. The summed E-state index contributed by atoms with van der Waals surface area (Å²) >= 11 is 1.30. The molecule has 224 valence electrons. The molecule has 0 unspecified atom stereocenters. The summed E-state index contributed by atoms with van der Waals surface area (Å²) in [4.78, 5) is 31.1. The Morgan fingerprint density at radius 1 is 1.14 bits per heavy atom. The van der Waals surface area contributed by atoms with Gasteiger partial charge in [-0.25, -0.2) is 19.0 Å². The lowest BCUT2D eigenvalue weighted by molar-refractivity contribution is -0.142. The van der Waals surface area contributed by atoms with Gasteiger partial charge in [-0.2, -0.15) is 10.4 Å². The number of aliphatic hydroxyl groups is 1. The van der Waals surface area contributed by atoms with Crippen molar-refractivity contribution < 1.29 is 14.3 Å². The minimum atomic E-state index is -0.392. The molecule has 0 aliphatic carbocycles. The predicted octanol–water partition coefficient (Wildman–Crippen LogP) is 3.38. The maximum Gasteiger partial charge on any atom is 0.236 e. The number of nitriles is 1. The molecule has 6 rings (SSSR count). The maximum absolute atomic E-state index is 13.6. The van der Waals surface area contributed by atoms with Gasteiger partial charge >= 0.3 is 0 Å². The second kappa shape index (κ2) is 11.9. The van der Waals surface area contributed by atoms with Crippen LogP contribution in [0, 0.1) is 24.1 Å². The Balaban J connectivity index is 1.29. The molecular formula is C30H34FN9O2S. The van der Waals surface area contributed by atoms with Crippen LogP contribution in [0.4, 0.5) is 21.2 Å². The van der Waals surface area contributed by atoms with Crippen molar-refractivity contribution in [1.82, 2.24) is 29.5 Å². The van der Waals surface area contributed by atoms with Gasteiger partial charge in [0.2, 0.25) is 5.91 Å². The molecule has 2 aliphatic rings. The molecule has 1 amide bonds. The zero-order valence-corrected chi connectivity index (χ0v) is 25.3. The van der Waals surface area contributed by atoms with Crippen LogP contribution >= 0.6 is 11.3 Å². The van der Waals surface area contributed by atoms with Crippen LogP contribution in [-0.4, -0.2) is 99.0 Å². The molecule has 5 heterocycles. The molecule has 2 saturated heterocycles. The first-order valence-electron chi connectivity index (χ1n) is 14.5. The topological polar surface area (TPSA) is 118 Å². The minimum Gasteiger partial charge on any atom is -0.389 e. The number of nitrogens with zero attached hydrogens (tertiary/aromatic N) is 9. The number of piperazine rings is 1. The van der Waals surface area contributed by atoms with Crippen LogP contribution < -0.4 is 9.80 Å². The minimum absolute atomic E-state index is 0.0646. The molecule has 0 saturated carbocycles. The van der Waals surface area contributed by atoms with Gasteiger partial charge in [0.05, 0.1) is 12.6 Å². The van der Waals surface area contributed by atoms with E-state index in [9.17, 15) is 19.6 Å².